The van der Waals surface area contributed by atoms with Crippen molar-refractivity contribution in [3.63, 3.8) is 0 Å². The first-order valence-corrected chi connectivity index (χ1v) is 10.3. The minimum absolute atomic E-state index is 0.00781. The second-order valence-electron chi connectivity index (χ2n) is 5.39. The van der Waals surface area contributed by atoms with Crippen LogP contribution in [0.25, 0.3) is 6.08 Å². The summed E-state index contributed by atoms with van der Waals surface area (Å²) in [4.78, 5) is 12.2. The summed E-state index contributed by atoms with van der Waals surface area (Å²) in [5.74, 6) is -0.271. The molecule has 0 radical (unpaired) electrons. The van der Waals surface area contributed by atoms with Crippen LogP contribution in [0.15, 0.2) is 52.3 Å². The summed E-state index contributed by atoms with van der Waals surface area (Å²) >= 11 is 12.2. The van der Waals surface area contributed by atoms with Gasteiger partial charge in [0.1, 0.15) is 9.22 Å². The van der Waals surface area contributed by atoms with Gasteiger partial charge in [0.05, 0.1) is 9.93 Å². The van der Waals surface area contributed by atoms with Crippen molar-refractivity contribution in [1.82, 2.24) is 5.32 Å². The van der Waals surface area contributed by atoms with Crippen molar-refractivity contribution in [2.45, 2.75) is 11.8 Å². The molecular formula is C17H12ClNO4S3. The first kappa shape index (κ1) is 18.9. The van der Waals surface area contributed by atoms with Gasteiger partial charge in [-0.1, -0.05) is 59.3 Å². The van der Waals surface area contributed by atoms with Gasteiger partial charge in [-0.15, -0.1) is 0 Å². The number of halogens is 1. The lowest BCUT2D eigenvalue weighted by Crippen LogP contribution is -2.17. The largest absolute Gasteiger partial charge is 0.377 e. The van der Waals surface area contributed by atoms with Crippen molar-refractivity contribution < 1.29 is 17.4 Å². The van der Waals surface area contributed by atoms with Crippen molar-refractivity contribution in [2.24, 2.45) is 0 Å². The molecule has 0 atom stereocenters. The van der Waals surface area contributed by atoms with Crippen molar-refractivity contribution in [1.29, 1.82) is 0 Å². The number of hydrogen-bond donors (Lipinski definition) is 1. The molecule has 9 heteroatoms. The Kier molecular flexibility index (Phi) is 5.38. The fourth-order valence-corrected chi connectivity index (χ4v) is 4.38. The Bertz CT molecular complexity index is 1030. The van der Waals surface area contributed by atoms with Crippen molar-refractivity contribution in [3.05, 3.63) is 63.5 Å². The van der Waals surface area contributed by atoms with Gasteiger partial charge in [-0.3, -0.25) is 4.79 Å². The molecule has 0 aromatic heterocycles. The molecule has 0 spiro atoms. The average Bonchev–Trinajstić information content (AvgIpc) is 2.88. The maximum atomic E-state index is 12.3. The van der Waals surface area contributed by atoms with Gasteiger partial charge in [-0.05, 0) is 42.8 Å². The normalized spacial score (nSPS) is 16.0. The van der Waals surface area contributed by atoms with Crippen LogP contribution in [0.3, 0.4) is 0 Å². The van der Waals surface area contributed by atoms with E-state index < -0.39 is 10.1 Å². The summed E-state index contributed by atoms with van der Waals surface area (Å²) in [5, 5.41) is 2.63. The van der Waals surface area contributed by atoms with Gasteiger partial charge in [0, 0.05) is 0 Å². The maximum absolute atomic E-state index is 12.3. The molecule has 3 rings (SSSR count). The van der Waals surface area contributed by atoms with Crippen molar-refractivity contribution >= 4 is 62.0 Å². The lowest BCUT2D eigenvalue weighted by molar-refractivity contribution is -0.115. The first-order chi connectivity index (χ1) is 12.2. The quantitative estimate of drug-likeness (QED) is 0.455. The van der Waals surface area contributed by atoms with Crippen molar-refractivity contribution in [2.75, 3.05) is 0 Å². The summed E-state index contributed by atoms with van der Waals surface area (Å²) in [6.45, 7) is 1.86. The number of carbonyl (C=O) groups is 1. The lowest BCUT2D eigenvalue weighted by Gasteiger charge is -2.09. The number of thioether (sulfide) groups is 1. The van der Waals surface area contributed by atoms with Crippen LogP contribution in [-0.2, 0) is 14.9 Å². The van der Waals surface area contributed by atoms with Gasteiger partial charge in [0.25, 0.3) is 5.91 Å². The monoisotopic (exact) mass is 425 g/mol. The van der Waals surface area contributed by atoms with Gasteiger partial charge in [-0.25, -0.2) is 0 Å². The standard InChI is InChI=1S/C17H12ClNO4S3/c1-10-2-5-12(6-3-10)26(21,22)23-14-7-4-11(8-13(14)18)9-15-16(20)19-17(24)25-15/h2-9H,1H3,(H,19,20,24)/b15-9-. The number of rotatable bonds is 4. The van der Waals surface area contributed by atoms with Crippen molar-refractivity contribution in [3.8, 4) is 5.75 Å². The van der Waals surface area contributed by atoms with E-state index in [4.69, 9.17) is 28.0 Å². The summed E-state index contributed by atoms with van der Waals surface area (Å²) in [6.07, 6.45) is 1.61. The number of carbonyl (C=O) groups excluding carboxylic acids is 1. The third kappa shape index (κ3) is 4.27. The molecule has 0 bridgehead atoms. The molecule has 1 fully saturated rings. The van der Waals surface area contributed by atoms with Crippen LogP contribution < -0.4 is 9.50 Å². The molecule has 1 amide bonds. The number of nitrogens with one attached hydrogen (secondary N) is 1. The molecule has 134 valence electrons. The Morgan fingerprint density at radius 1 is 1.19 bits per heavy atom. The summed E-state index contributed by atoms with van der Waals surface area (Å²) < 4.78 is 30.2. The van der Waals surface area contributed by atoms with E-state index in [1.165, 1.54) is 24.3 Å². The summed E-state index contributed by atoms with van der Waals surface area (Å²) in [6, 6.07) is 10.9. The molecule has 0 unspecified atom stereocenters. The zero-order valence-corrected chi connectivity index (χ0v) is 16.6. The highest BCUT2D eigenvalue weighted by Gasteiger charge is 2.22. The van der Waals surface area contributed by atoms with Gasteiger partial charge in [0.2, 0.25) is 0 Å². The molecule has 1 saturated heterocycles. The predicted octanol–water partition coefficient (Wildman–Crippen LogP) is 3.90. The van der Waals surface area contributed by atoms with Gasteiger partial charge >= 0.3 is 10.1 Å². The number of aryl methyl sites for hydroxylation is 1. The van der Waals surface area contributed by atoms with Gasteiger partial charge in [-0.2, -0.15) is 8.42 Å². The Morgan fingerprint density at radius 2 is 1.88 bits per heavy atom. The van der Waals surface area contributed by atoms with Crippen LogP contribution >= 0.6 is 35.6 Å². The second-order valence-corrected chi connectivity index (χ2v) is 9.06. The molecule has 5 nitrogen and oxygen atoms in total. The van der Waals surface area contributed by atoms with Crippen LogP contribution in [0.1, 0.15) is 11.1 Å². The summed E-state index contributed by atoms with van der Waals surface area (Å²) in [5.41, 5.74) is 1.56. The smallest absolute Gasteiger partial charge is 0.339 e. The fourth-order valence-electron chi connectivity index (χ4n) is 2.12. The molecule has 1 N–H and O–H groups in total. The Morgan fingerprint density at radius 3 is 2.46 bits per heavy atom. The third-order valence-electron chi connectivity index (χ3n) is 3.40. The Balaban J connectivity index is 1.84. The lowest BCUT2D eigenvalue weighted by atomic mass is 10.2. The highest BCUT2D eigenvalue weighted by Crippen LogP contribution is 2.31. The van der Waals surface area contributed by atoms with E-state index in [9.17, 15) is 13.2 Å². The number of amides is 1. The average molecular weight is 426 g/mol. The maximum Gasteiger partial charge on any atom is 0.339 e. The van der Waals surface area contributed by atoms with E-state index in [1.807, 2.05) is 6.92 Å². The molecule has 1 aliphatic rings. The van der Waals surface area contributed by atoms with Gasteiger partial charge in [0.15, 0.2) is 5.75 Å². The van der Waals surface area contributed by atoms with Crippen LogP contribution in [0.2, 0.25) is 5.02 Å². The second kappa shape index (κ2) is 7.40. The Labute approximate surface area is 165 Å². The molecule has 0 saturated carbocycles. The van der Waals surface area contributed by atoms with Crippen LogP contribution in [-0.4, -0.2) is 18.6 Å². The number of thiocarbonyl (C=S) groups is 1. The van der Waals surface area contributed by atoms with E-state index >= 15 is 0 Å². The topological polar surface area (TPSA) is 72.5 Å². The summed E-state index contributed by atoms with van der Waals surface area (Å²) in [7, 11) is -3.99. The fraction of sp³-hybridized carbons (Fsp3) is 0.0588. The van der Waals surface area contributed by atoms with Crippen LogP contribution in [0.4, 0.5) is 0 Å². The van der Waals surface area contributed by atoms with E-state index in [0.29, 0.717) is 14.8 Å². The van der Waals surface area contributed by atoms with E-state index in [2.05, 4.69) is 5.32 Å². The van der Waals surface area contributed by atoms with Crippen LogP contribution in [0.5, 0.6) is 5.75 Å². The highest BCUT2D eigenvalue weighted by atomic mass is 35.5. The molecule has 26 heavy (non-hydrogen) atoms. The van der Waals surface area contributed by atoms with E-state index in [0.717, 1.165) is 17.3 Å². The zero-order chi connectivity index (χ0) is 18.9. The first-order valence-electron chi connectivity index (χ1n) is 7.30. The van der Waals surface area contributed by atoms with Crippen LogP contribution in [0, 0.1) is 6.92 Å². The SMILES string of the molecule is Cc1ccc(S(=O)(=O)Oc2ccc(/C=C3\SC(=S)NC3=O)cc2Cl)cc1. The van der Waals surface area contributed by atoms with E-state index in [-0.39, 0.29) is 21.6 Å². The van der Waals surface area contributed by atoms with E-state index in [1.54, 1.807) is 24.3 Å². The zero-order valence-electron chi connectivity index (χ0n) is 13.4. The molecule has 2 aromatic rings. The third-order valence-corrected chi connectivity index (χ3v) is 6.11. The number of hydrogen-bond acceptors (Lipinski definition) is 6. The minimum atomic E-state index is -3.99. The predicted molar refractivity (Wildman–Crippen MR) is 107 cm³/mol. The molecule has 0 aliphatic carbocycles. The minimum Gasteiger partial charge on any atom is -0.377 e. The molecule has 2 aromatic carbocycles. The number of benzene rings is 2. The molecule has 1 heterocycles. The molecular weight excluding hydrogens is 414 g/mol. The Hall–Kier alpha value is -1.87. The highest BCUT2D eigenvalue weighted by molar-refractivity contribution is 8.26. The van der Waals surface area contributed by atoms with Gasteiger partial charge < -0.3 is 9.50 Å². The molecule has 1 aliphatic heterocycles.